The summed E-state index contributed by atoms with van der Waals surface area (Å²) < 4.78 is 7.10. The Morgan fingerprint density at radius 1 is 1.32 bits per heavy atom. The normalized spacial score (nSPS) is 10.5. The minimum Gasteiger partial charge on any atom is -0.464 e. The lowest BCUT2D eigenvalue weighted by atomic mass is 10.3. The Kier molecular flexibility index (Phi) is 4.24. The summed E-state index contributed by atoms with van der Waals surface area (Å²) >= 11 is 0. The Bertz CT molecular complexity index is 540. The number of nitrogens with one attached hydrogen (secondary N) is 1. The van der Waals surface area contributed by atoms with Crippen molar-refractivity contribution in [2.45, 2.75) is 26.7 Å². The van der Waals surface area contributed by atoms with Crippen LogP contribution < -0.4 is 16.0 Å². The maximum Gasteiger partial charge on any atom is 0.323 e. The van der Waals surface area contributed by atoms with E-state index < -0.39 is 0 Å². The van der Waals surface area contributed by atoms with Crippen LogP contribution in [0.3, 0.4) is 0 Å². The number of hydrogen-bond acceptors (Lipinski definition) is 7. The second-order valence-corrected chi connectivity index (χ2v) is 3.78. The molecule has 3 N–H and O–H groups in total. The number of aryl methyl sites for hydroxylation is 1. The number of aromatic nitrogens is 5. The zero-order valence-corrected chi connectivity index (χ0v) is 11.0. The maximum absolute atomic E-state index is 5.35. The van der Waals surface area contributed by atoms with Crippen molar-refractivity contribution in [3.63, 3.8) is 0 Å². The molecule has 0 atom stereocenters. The SMILES string of the molecule is CCCc1nccn1-c1nc(NN)nc(OCC)n1. The van der Waals surface area contributed by atoms with Gasteiger partial charge in [0, 0.05) is 18.8 Å². The number of hydrazine groups is 1. The van der Waals surface area contributed by atoms with Crippen LogP contribution in [0.4, 0.5) is 5.95 Å². The van der Waals surface area contributed by atoms with Gasteiger partial charge >= 0.3 is 6.01 Å². The highest BCUT2D eigenvalue weighted by molar-refractivity contribution is 5.29. The average Bonchev–Trinajstić information content (AvgIpc) is 2.87. The highest BCUT2D eigenvalue weighted by Gasteiger charge is 2.11. The minimum atomic E-state index is 0.233. The molecule has 0 radical (unpaired) electrons. The van der Waals surface area contributed by atoms with Crippen LogP contribution in [0, 0.1) is 0 Å². The number of nitrogens with zero attached hydrogens (tertiary/aromatic N) is 5. The molecule has 8 heteroatoms. The third kappa shape index (κ3) is 2.97. The van der Waals surface area contributed by atoms with Crippen molar-refractivity contribution in [2.75, 3.05) is 12.0 Å². The first-order chi connectivity index (χ1) is 9.28. The Morgan fingerprint density at radius 2 is 2.16 bits per heavy atom. The quantitative estimate of drug-likeness (QED) is 0.583. The van der Waals surface area contributed by atoms with Gasteiger partial charge in [-0.05, 0) is 13.3 Å². The van der Waals surface area contributed by atoms with E-state index in [1.165, 1.54) is 0 Å². The number of ether oxygens (including phenoxy) is 1. The molecule has 2 rings (SSSR count). The largest absolute Gasteiger partial charge is 0.464 e. The third-order valence-corrected chi connectivity index (χ3v) is 2.41. The van der Waals surface area contributed by atoms with Gasteiger partial charge in [0.1, 0.15) is 5.82 Å². The van der Waals surface area contributed by atoms with Crippen LogP contribution in [0.5, 0.6) is 6.01 Å². The number of nitrogens with two attached hydrogens (primary N) is 1. The van der Waals surface area contributed by atoms with E-state index in [1.807, 2.05) is 6.92 Å². The Labute approximate surface area is 111 Å². The fourth-order valence-corrected chi connectivity index (χ4v) is 1.64. The van der Waals surface area contributed by atoms with Crippen molar-refractivity contribution >= 4 is 5.95 Å². The van der Waals surface area contributed by atoms with E-state index in [-0.39, 0.29) is 12.0 Å². The predicted molar refractivity (Wildman–Crippen MR) is 69.9 cm³/mol. The van der Waals surface area contributed by atoms with Crippen LogP contribution in [0.1, 0.15) is 26.1 Å². The lowest BCUT2D eigenvalue weighted by molar-refractivity contribution is 0.311. The average molecular weight is 263 g/mol. The first-order valence-electron chi connectivity index (χ1n) is 6.16. The lowest BCUT2D eigenvalue weighted by Gasteiger charge is -2.08. The van der Waals surface area contributed by atoms with Gasteiger partial charge in [-0.2, -0.15) is 15.0 Å². The van der Waals surface area contributed by atoms with E-state index in [0.717, 1.165) is 18.7 Å². The summed E-state index contributed by atoms with van der Waals surface area (Å²) in [6, 6.07) is 0.233. The summed E-state index contributed by atoms with van der Waals surface area (Å²) in [6.45, 7) is 4.42. The van der Waals surface area contributed by atoms with Crippen LogP contribution in [0.15, 0.2) is 12.4 Å². The van der Waals surface area contributed by atoms with Crippen molar-refractivity contribution in [1.29, 1.82) is 0 Å². The molecular formula is C11H17N7O. The molecule has 0 bridgehead atoms. The molecular weight excluding hydrogens is 246 g/mol. The molecule has 2 heterocycles. The van der Waals surface area contributed by atoms with Crippen molar-refractivity contribution in [2.24, 2.45) is 5.84 Å². The number of rotatable bonds is 6. The third-order valence-electron chi connectivity index (χ3n) is 2.41. The van der Waals surface area contributed by atoms with Gasteiger partial charge in [0.15, 0.2) is 0 Å². The molecule has 2 aromatic rings. The number of nitrogen functional groups attached to an aromatic ring is 1. The van der Waals surface area contributed by atoms with Gasteiger partial charge < -0.3 is 4.74 Å². The molecule has 0 saturated carbocycles. The van der Waals surface area contributed by atoms with E-state index in [1.54, 1.807) is 17.0 Å². The Balaban J connectivity index is 2.42. The summed E-state index contributed by atoms with van der Waals surface area (Å²) in [5, 5.41) is 0. The van der Waals surface area contributed by atoms with Crippen LogP contribution in [-0.2, 0) is 6.42 Å². The van der Waals surface area contributed by atoms with Gasteiger partial charge in [-0.15, -0.1) is 0 Å². The summed E-state index contributed by atoms with van der Waals surface area (Å²) in [5.74, 6) is 6.93. The highest BCUT2D eigenvalue weighted by atomic mass is 16.5. The molecule has 0 aliphatic heterocycles. The molecule has 19 heavy (non-hydrogen) atoms. The van der Waals surface area contributed by atoms with Crippen molar-refractivity contribution in [1.82, 2.24) is 24.5 Å². The van der Waals surface area contributed by atoms with E-state index >= 15 is 0 Å². The fraction of sp³-hybridized carbons (Fsp3) is 0.455. The molecule has 0 fully saturated rings. The number of imidazole rings is 1. The summed E-state index contributed by atoms with van der Waals surface area (Å²) in [7, 11) is 0. The van der Waals surface area contributed by atoms with Gasteiger partial charge in [-0.1, -0.05) is 6.92 Å². The number of hydrogen-bond donors (Lipinski definition) is 2. The van der Waals surface area contributed by atoms with Gasteiger partial charge in [0.05, 0.1) is 6.61 Å². The summed E-state index contributed by atoms with van der Waals surface area (Å²) in [4.78, 5) is 16.7. The van der Waals surface area contributed by atoms with Gasteiger partial charge in [-0.3, -0.25) is 9.99 Å². The van der Waals surface area contributed by atoms with Crippen molar-refractivity contribution in [3.8, 4) is 12.0 Å². The molecule has 2 aromatic heterocycles. The maximum atomic E-state index is 5.35. The number of anilines is 1. The predicted octanol–water partition coefficient (Wildman–Crippen LogP) is 0.694. The molecule has 0 aliphatic rings. The van der Waals surface area contributed by atoms with Crippen LogP contribution in [-0.4, -0.2) is 31.1 Å². The monoisotopic (exact) mass is 263 g/mol. The zero-order chi connectivity index (χ0) is 13.7. The molecule has 8 nitrogen and oxygen atoms in total. The second-order valence-electron chi connectivity index (χ2n) is 3.78. The standard InChI is InChI=1S/C11H17N7O/c1-3-5-8-13-6-7-18(8)10-14-9(17-12)15-11(16-10)19-4-2/h6-7H,3-5,12H2,1-2H3,(H,14,15,16,17). The van der Waals surface area contributed by atoms with E-state index in [9.17, 15) is 0 Å². The lowest BCUT2D eigenvalue weighted by Crippen LogP contribution is -2.15. The highest BCUT2D eigenvalue weighted by Crippen LogP contribution is 2.13. The molecule has 0 amide bonds. The van der Waals surface area contributed by atoms with Gasteiger partial charge in [0.2, 0.25) is 11.9 Å². The summed E-state index contributed by atoms with van der Waals surface area (Å²) in [5.41, 5.74) is 2.40. The van der Waals surface area contributed by atoms with Crippen molar-refractivity contribution < 1.29 is 4.74 Å². The molecule has 102 valence electrons. The first-order valence-corrected chi connectivity index (χ1v) is 6.16. The second kappa shape index (κ2) is 6.10. The molecule has 0 unspecified atom stereocenters. The zero-order valence-electron chi connectivity index (χ0n) is 11.0. The van der Waals surface area contributed by atoms with Gasteiger partial charge in [0.25, 0.3) is 0 Å². The van der Waals surface area contributed by atoms with Crippen LogP contribution in [0.25, 0.3) is 5.95 Å². The van der Waals surface area contributed by atoms with Crippen molar-refractivity contribution in [3.05, 3.63) is 18.2 Å². The molecule has 0 aliphatic carbocycles. The topological polar surface area (TPSA) is 104 Å². The smallest absolute Gasteiger partial charge is 0.323 e. The summed E-state index contributed by atoms with van der Waals surface area (Å²) in [6.07, 6.45) is 5.34. The molecule has 0 saturated heterocycles. The van der Waals surface area contributed by atoms with Crippen LogP contribution >= 0.6 is 0 Å². The Hall–Kier alpha value is -2.22. The fourth-order valence-electron chi connectivity index (χ4n) is 1.64. The van der Waals surface area contributed by atoms with Gasteiger partial charge in [-0.25, -0.2) is 10.8 Å². The molecule has 0 spiro atoms. The van der Waals surface area contributed by atoms with E-state index in [0.29, 0.717) is 12.6 Å². The molecule has 0 aromatic carbocycles. The van der Waals surface area contributed by atoms with E-state index in [4.69, 9.17) is 10.6 Å². The Morgan fingerprint density at radius 3 is 2.84 bits per heavy atom. The van der Waals surface area contributed by atoms with E-state index in [2.05, 4.69) is 32.3 Å². The minimum absolute atomic E-state index is 0.233. The van der Waals surface area contributed by atoms with Crippen LogP contribution in [0.2, 0.25) is 0 Å². The first kappa shape index (κ1) is 13.2.